The minimum atomic E-state index is -1.03. The van der Waals surface area contributed by atoms with Crippen LogP contribution in [0.5, 0.6) is 11.8 Å². The second kappa shape index (κ2) is 25.3. The molecule has 3 aliphatic rings. The van der Waals surface area contributed by atoms with Gasteiger partial charge in [0.25, 0.3) is 0 Å². The van der Waals surface area contributed by atoms with Crippen molar-refractivity contribution in [1.82, 2.24) is 39.8 Å². The maximum atomic E-state index is 13.2. The minimum absolute atomic E-state index is 0.0262. The van der Waals surface area contributed by atoms with Gasteiger partial charge >= 0.3 is 23.9 Å². The van der Waals surface area contributed by atoms with Crippen LogP contribution < -0.4 is 19.9 Å². The number of phenols is 1. The summed E-state index contributed by atoms with van der Waals surface area (Å²) in [6, 6.07) is 8.79. The number of aliphatic carboxylic acids is 3. The molecule has 0 aliphatic carbocycles. The first-order valence-corrected chi connectivity index (χ1v) is 23.6. The van der Waals surface area contributed by atoms with Gasteiger partial charge < -0.3 is 50.0 Å². The Balaban J connectivity index is 1.07. The number of phenolic OH excluding ortho intramolecular Hbond substituents is 1. The molecule has 5 N–H and O–H groups in total. The summed E-state index contributed by atoms with van der Waals surface area (Å²) in [6.07, 6.45) is 3.86. The minimum Gasteiger partial charge on any atom is -0.508 e. The maximum absolute atomic E-state index is 13.2. The van der Waals surface area contributed by atoms with Gasteiger partial charge in [0, 0.05) is 102 Å². The van der Waals surface area contributed by atoms with Crippen LogP contribution >= 0.6 is 11.6 Å². The van der Waals surface area contributed by atoms with Gasteiger partial charge in [-0.15, -0.1) is 0 Å². The van der Waals surface area contributed by atoms with Crippen molar-refractivity contribution in [3.8, 4) is 11.8 Å². The molecule has 0 radical (unpaired) electrons. The van der Waals surface area contributed by atoms with E-state index in [9.17, 15) is 44.4 Å². The summed E-state index contributed by atoms with van der Waals surface area (Å²) in [5, 5.41) is 44.3. The Labute approximate surface area is 406 Å². The van der Waals surface area contributed by atoms with Crippen molar-refractivity contribution >= 4 is 63.6 Å². The van der Waals surface area contributed by atoms with Crippen LogP contribution in [-0.2, 0) is 36.9 Å². The number of amides is 2. The van der Waals surface area contributed by atoms with Crippen LogP contribution in [0.3, 0.4) is 0 Å². The average Bonchev–Trinajstić information content (AvgIpc) is 3.30. The van der Waals surface area contributed by atoms with E-state index in [2.05, 4.69) is 26.5 Å². The van der Waals surface area contributed by atoms with Crippen molar-refractivity contribution in [2.24, 2.45) is 0 Å². The van der Waals surface area contributed by atoms with Gasteiger partial charge in [-0.1, -0.05) is 30.3 Å². The van der Waals surface area contributed by atoms with Crippen LogP contribution in [0.15, 0.2) is 43.0 Å². The van der Waals surface area contributed by atoms with Gasteiger partial charge in [0.15, 0.2) is 0 Å². The topological polar surface area (TPSA) is 240 Å². The summed E-state index contributed by atoms with van der Waals surface area (Å²) < 4.78 is 6.22. The van der Waals surface area contributed by atoms with Crippen molar-refractivity contribution < 1.29 is 49.1 Å². The van der Waals surface area contributed by atoms with E-state index >= 15 is 0 Å². The van der Waals surface area contributed by atoms with Gasteiger partial charge in [-0.05, 0) is 49.3 Å². The lowest BCUT2D eigenvalue weighted by Crippen LogP contribution is -2.56. The molecule has 69 heavy (non-hydrogen) atoms. The highest BCUT2D eigenvalue weighted by molar-refractivity contribution is 6.36. The molecule has 2 fully saturated rings. The van der Waals surface area contributed by atoms with E-state index in [-0.39, 0.29) is 88.5 Å². The smallest absolute Gasteiger partial charge is 0.318 e. The van der Waals surface area contributed by atoms with Crippen LogP contribution in [0.25, 0.3) is 15.6 Å². The van der Waals surface area contributed by atoms with E-state index in [4.69, 9.17) is 32.9 Å². The molecule has 3 aliphatic heterocycles. The highest BCUT2D eigenvalue weighted by atomic mass is 35.5. The molecule has 2 saturated heterocycles. The summed E-state index contributed by atoms with van der Waals surface area (Å²) in [4.78, 5) is 87.1. The predicted molar refractivity (Wildman–Crippen MR) is 258 cm³/mol. The van der Waals surface area contributed by atoms with Gasteiger partial charge in [0.1, 0.15) is 17.6 Å². The number of unbranched alkanes of at least 4 members (excludes halogenated alkanes) is 2. The van der Waals surface area contributed by atoms with Gasteiger partial charge in [0.05, 0.1) is 55.7 Å². The maximum Gasteiger partial charge on any atom is 0.318 e. The molecular formula is C47H62ClN11O10. The van der Waals surface area contributed by atoms with Crippen LogP contribution in [0.4, 0.5) is 11.5 Å². The zero-order chi connectivity index (χ0) is 49.5. The molecule has 372 valence electrons. The predicted octanol–water partition coefficient (Wildman–Crippen LogP) is 1.81. The number of carbonyl (C=O) groups is 5. The first-order valence-electron chi connectivity index (χ1n) is 23.2. The quantitative estimate of drug-likeness (QED) is 0.0654. The monoisotopic (exact) mass is 975 g/mol. The lowest BCUT2D eigenvalue weighted by molar-refractivity contribution is -0.140. The van der Waals surface area contributed by atoms with E-state index in [0.717, 1.165) is 27.7 Å². The fourth-order valence-corrected chi connectivity index (χ4v) is 9.35. The number of ether oxygens (including phenoxy) is 1. The average molecular weight is 977 g/mol. The number of rotatable bonds is 19. The number of carboxylic acid groups (broad SMARTS) is 3. The summed E-state index contributed by atoms with van der Waals surface area (Å²) in [5.74, 6) is -2.71. The lowest BCUT2D eigenvalue weighted by atomic mass is 10.0. The van der Waals surface area contributed by atoms with E-state index in [0.29, 0.717) is 109 Å². The fourth-order valence-electron chi connectivity index (χ4n) is 9.07. The molecule has 4 heterocycles. The third-order valence-electron chi connectivity index (χ3n) is 12.5. The number of nitrogens with zero attached hydrogens (tertiary/aromatic N) is 10. The Morgan fingerprint density at radius 3 is 2.03 bits per heavy atom. The molecule has 1 aromatic heterocycles. The molecule has 6 rings (SSSR count). The Hall–Kier alpha value is -6.31. The number of nitrogens with one attached hydrogen (secondary N) is 1. The van der Waals surface area contributed by atoms with E-state index in [1.165, 1.54) is 6.08 Å². The number of benzene rings is 2. The number of hydrogen-bond donors (Lipinski definition) is 5. The van der Waals surface area contributed by atoms with Gasteiger partial charge in [-0.3, -0.25) is 43.6 Å². The van der Waals surface area contributed by atoms with Crippen molar-refractivity contribution in [3.63, 3.8) is 0 Å². The molecule has 0 spiro atoms. The number of halogens is 1. The Kier molecular flexibility index (Phi) is 19.1. The molecule has 0 bridgehead atoms. The second-order valence-electron chi connectivity index (χ2n) is 17.5. The standard InChI is InChI=1S/C47H62ClN11O10/c1-3-41(62)59-22-21-58(27-34(59)26-49-2)46-36-10-12-57(39-25-35(60)24-33-8-7-9-37(48)45(33)39)28-38(36)51-47(52-46)69-23-6-4-5-11-50-40(61)29-53-13-15-54(30-42(63)64)17-19-56(32-44(67)68)20-18-55(16-14-53)31-43(65)66/h3,7-9,24-25,34,60H,1,4-6,10-23,26-32H2,(H,50,61)(H,63,64)(H,65,66)(H,67,68)/t34-/m0/s1. The molecule has 0 saturated carbocycles. The fraction of sp³-hybridized carbons (Fsp3) is 0.532. The third-order valence-corrected chi connectivity index (χ3v) is 12.9. The van der Waals surface area contributed by atoms with Crippen molar-refractivity contribution in [1.29, 1.82) is 0 Å². The first-order chi connectivity index (χ1) is 33.2. The molecule has 2 amide bonds. The summed E-state index contributed by atoms with van der Waals surface area (Å²) in [6.45, 7) is 16.0. The zero-order valence-electron chi connectivity index (χ0n) is 38.8. The molecule has 22 heteroatoms. The van der Waals surface area contributed by atoms with Crippen LogP contribution in [-0.4, -0.2) is 215 Å². The zero-order valence-corrected chi connectivity index (χ0v) is 39.6. The number of hydrogen-bond acceptors (Lipinski definition) is 15. The summed E-state index contributed by atoms with van der Waals surface area (Å²) in [7, 11) is 0. The lowest BCUT2D eigenvalue weighted by Gasteiger charge is -2.41. The Morgan fingerprint density at radius 2 is 1.43 bits per heavy atom. The molecule has 2 aromatic carbocycles. The molecule has 21 nitrogen and oxygen atoms in total. The second-order valence-corrected chi connectivity index (χ2v) is 17.9. The largest absolute Gasteiger partial charge is 0.508 e. The normalized spacial score (nSPS) is 18.1. The summed E-state index contributed by atoms with van der Waals surface area (Å²) >= 11 is 6.72. The highest BCUT2D eigenvalue weighted by Gasteiger charge is 2.35. The van der Waals surface area contributed by atoms with Gasteiger partial charge in [0.2, 0.25) is 18.4 Å². The Morgan fingerprint density at radius 1 is 0.812 bits per heavy atom. The van der Waals surface area contributed by atoms with Crippen LogP contribution in [0, 0.1) is 6.57 Å². The number of carbonyl (C=O) groups excluding carboxylic acids is 2. The Bertz CT molecular complexity index is 2340. The van der Waals surface area contributed by atoms with Gasteiger partial charge in [-0.2, -0.15) is 9.97 Å². The van der Waals surface area contributed by atoms with Crippen molar-refractivity contribution in [3.05, 3.63) is 70.7 Å². The van der Waals surface area contributed by atoms with Crippen molar-refractivity contribution in [2.75, 3.05) is 134 Å². The van der Waals surface area contributed by atoms with Crippen LogP contribution in [0.2, 0.25) is 5.02 Å². The summed E-state index contributed by atoms with van der Waals surface area (Å²) in [5.41, 5.74) is 2.48. The highest BCUT2D eigenvalue weighted by Crippen LogP contribution is 2.39. The van der Waals surface area contributed by atoms with E-state index < -0.39 is 17.9 Å². The number of aromatic nitrogens is 2. The number of piperazine rings is 1. The van der Waals surface area contributed by atoms with Crippen LogP contribution in [0.1, 0.15) is 30.5 Å². The molecule has 3 aromatic rings. The number of carboxylic acids is 3. The van der Waals surface area contributed by atoms with E-state index in [1.54, 1.807) is 31.7 Å². The number of fused-ring (bicyclic) bond motifs is 2. The molecule has 1 atom stereocenters. The molecular weight excluding hydrogens is 914 g/mol. The van der Waals surface area contributed by atoms with E-state index in [1.807, 2.05) is 23.1 Å². The van der Waals surface area contributed by atoms with Crippen molar-refractivity contribution in [2.45, 2.75) is 38.3 Å². The molecule has 0 unspecified atom stereocenters. The first kappa shape index (κ1) is 52.1. The number of anilines is 2. The number of aromatic hydroxyl groups is 1. The third kappa shape index (κ3) is 15.1. The van der Waals surface area contributed by atoms with Gasteiger partial charge in [-0.25, -0.2) is 6.57 Å². The SMILES string of the molecule is [C-]#[N+]C[C@H]1CN(c2nc(OCCCCCNC(=O)CN3CCN(CC(=O)O)CCN(CC(=O)O)CCN(CC(=O)O)CC3)nc3c2CCN(c2cc(O)cc4cccc(Cl)c24)C3)CCN1C(=O)C=C.